The van der Waals surface area contributed by atoms with Crippen LogP contribution in [-0.2, 0) is 0 Å². The summed E-state index contributed by atoms with van der Waals surface area (Å²) in [7, 11) is 0. The van der Waals surface area contributed by atoms with Gasteiger partial charge in [0.1, 0.15) is 0 Å². The maximum absolute atomic E-state index is 10.9. The third-order valence-corrected chi connectivity index (χ3v) is 5.24. The van der Waals surface area contributed by atoms with Crippen LogP contribution in [0.3, 0.4) is 0 Å². The van der Waals surface area contributed by atoms with E-state index >= 15 is 0 Å². The number of hydrogen-bond acceptors (Lipinski definition) is 9. The first-order valence-electron chi connectivity index (χ1n) is 9.74. The highest BCUT2D eigenvalue weighted by Gasteiger charge is 2.17. The largest absolute Gasteiger partial charge is 0.341 e. The highest BCUT2D eigenvalue weighted by Crippen LogP contribution is 2.23. The van der Waals surface area contributed by atoms with Crippen molar-refractivity contribution in [2.45, 2.75) is 12.8 Å². The number of rotatable bonds is 7. The van der Waals surface area contributed by atoms with Crippen LogP contribution in [0.25, 0.3) is 0 Å². The number of nitrogens with one attached hydrogen (secondary N) is 2. The molecule has 2 aromatic carbocycles. The highest BCUT2D eigenvalue weighted by atomic mass is 35.5. The molecule has 0 unspecified atom stereocenters. The Hall–Kier alpha value is -3.50. The number of benzene rings is 2. The lowest BCUT2D eigenvalue weighted by molar-refractivity contribution is -0.384. The van der Waals surface area contributed by atoms with Gasteiger partial charge in [-0.05, 0) is 37.1 Å². The van der Waals surface area contributed by atoms with Crippen molar-refractivity contribution in [2.24, 2.45) is 5.10 Å². The lowest BCUT2D eigenvalue weighted by atomic mass is 10.2. The van der Waals surface area contributed by atoms with E-state index in [2.05, 4.69) is 35.7 Å². The Bertz CT molecular complexity index is 1150. The fraction of sp³-hybridized carbons (Fsp3) is 0.200. The van der Waals surface area contributed by atoms with Crippen molar-refractivity contribution >= 4 is 58.6 Å². The molecular formula is C20H18Cl2N8O2. The van der Waals surface area contributed by atoms with Crippen molar-refractivity contribution in [3.63, 3.8) is 0 Å². The summed E-state index contributed by atoms with van der Waals surface area (Å²) in [4.78, 5) is 25.8. The predicted molar refractivity (Wildman–Crippen MR) is 125 cm³/mol. The maximum Gasteiger partial charge on any atom is 0.269 e. The lowest BCUT2D eigenvalue weighted by Crippen LogP contribution is -2.21. The molecule has 0 atom stereocenters. The summed E-state index contributed by atoms with van der Waals surface area (Å²) in [5, 5.41) is 19.1. The number of nitrogens with zero attached hydrogens (tertiary/aromatic N) is 6. The van der Waals surface area contributed by atoms with Gasteiger partial charge in [0.15, 0.2) is 0 Å². The molecule has 2 heterocycles. The Morgan fingerprint density at radius 3 is 2.44 bits per heavy atom. The summed E-state index contributed by atoms with van der Waals surface area (Å²) in [6.45, 7) is 1.70. The minimum Gasteiger partial charge on any atom is -0.341 e. The Morgan fingerprint density at radius 1 is 1.03 bits per heavy atom. The number of hydrogen-bond donors (Lipinski definition) is 2. The standard InChI is InChI=1S/C20H18Cl2N8O2/c21-14-4-3-13(17(22)11-14)12-23-28-19-25-18(26-20(27-19)29-9-1-2-10-29)24-15-5-7-16(8-6-15)30(31)32/h3-8,11-12H,1-2,9-10H2,(H2,24,25,26,27,28). The molecular weight excluding hydrogens is 455 g/mol. The summed E-state index contributed by atoms with van der Waals surface area (Å²) in [6.07, 6.45) is 3.67. The molecule has 32 heavy (non-hydrogen) atoms. The van der Waals surface area contributed by atoms with E-state index in [1.165, 1.54) is 12.1 Å². The molecule has 0 bridgehead atoms. The zero-order valence-corrected chi connectivity index (χ0v) is 18.2. The molecule has 12 heteroatoms. The van der Waals surface area contributed by atoms with Gasteiger partial charge in [-0.2, -0.15) is 20.1 Å². The van der Waals surface area contributed by atoms with Crippen LogP contribution in [0.2, 0.25) is 10.0 Å². The van der Waals surface area contributed by atoms with Crippen LogP contribution in [-0.4, -0.2) is 39.2 Å². The van der Waals surface area contributed by atoms with Crippen LogP contribution in [0.15, 0.2) is 47.6 Å². The van der Waals surface area contributed by atoms with Crippen molar-refractivity contribution < 1.29 is 4.92 Å². The van der Waals surface area contributed by atoms with Gasteiger partial charge in [-0.25, -0.2) is 5.43 Å². The van der Waals surface area contributed by atoms with Crippen molar-refractivity contribution in [1.29, 1.82) is 0 Å². The number of nitro groups is 1. The second-order valence-electron chi connectivity index (χ2n) is 6.94. The third-order valence-electron chi connectivity index (χ3n) is 4.68. The van der Waals surface area contributed by atoms with Crippen molar-refractivity contribution in [1.82, 2.24) is 15.0 Å². The molecule has 1 saturated heterocycles. The summed E-state index contributed by atoms with van der Waals surface area (Å²) in [5.41, 5.74) is 4.10. The van der Waals surface area contributed by atoms with Crippen molar-refractivity contribution in [3.05, 3.63) is 68.2 Å². The first kappa shape index (κ1) is 21.7. The zero-order chi connectivity index (χ0) is 22.5. The van der Waals surface area contributed by atoms with E-state index in [1.54, 1.807) is 36.5 Å². The van der Waals surface area contributed by atoms with E-state index in [-0.39, 0.29) is 17.6 Å². The quantitative estimate of drug-likeness (QED) is 0.283. The number of aromatic nitrogens is 3. The van der Waals surface area contributed by atoms with Gasteiger partial charge in [0.25, 0.3) is 5.69 Å². The van der Waals surface area contributed by atoms with Gasteiger partial charge >= 0.3 is 0 Å². The van der Waals surface area contributed by atoms with E-state index in [4.69, 9.17) is 23.2 Å². The SMILES string of the molecule is O=[N+]([O-])c1ccc(Nc2nc(NN=Cc3ccc(Cl)cc3Cl)nc(N3CCCC3)n2)cc1. The number of hydrazone groups is 1. The van der Waals surface area contributed by atoms with Gasteiger partial charge in [0.05, 0.1) is 16.2 Å². The molecule has 0 spiro atoms. The molecule has 1 aliphatic rings. The van der Waals surface area contributed by atoms with Gasteiger partial charge in [-0.1, -0.05) is 29.3 Å². The van der Waals surface area contributed by atoms with Crippen LogP contribution >= 0.6 is 23.2 Å². The predicted octanol–water partition coefficient (Wildman–Crippen LogP) is 4.88. The van der Waals surface area contributed by atoms with E-state index in [0.717, 1.165) is 25.9 Å². The van der Waals surface area contributed by atoms with Crippen molar-refractivity contribution in [2.75, 3.05) is 28.7 Å². The summed E-state index contributed by atoms with van der Waals surface area (Å²) in [6, 6.07) is 11.1. The second kappa shape index (κ2) is 9.75. The lowest BCUT2D eigenvalue weighted by Gasteiger charge is -2.16. The summed E-state index contributed by atoms with van der Waals surface area (Å²) < 4.78 is 0. The molecule has 164 valence electrons. The Morgan fingerprint density at radius 2 is 1.75 bits per heavy atom. The Kier molecular flexibility index (Phi) is 6.62. The first-order valence-corrected chi connectivity index (χ1v) is 10.5. The molecule has 1 aliphatic heterocycles. The average Bonchev–Trinajstić information content (AvgIpc) is 3.31. The monoisotopic (exact) mass is 472 g/mol. The van der Waals surface area contributed by atoms with E-state index in [9.17, 15) is 10.1 Å². The van der Waals surface area contributed by atoms with Crippen LogP contribution < -0.4 is 15.6 Å². The van der Waals surface area contributed by atoms with Crippen molar-refractivity contribution in [3.8, 4) is 0 Å². The number of nitro benzene ring substituents is 1. The average molecular weight is 473 g/mol. The van der Waals surface area contributed by atoms with Gasteiger partial charge in [-0.3, -0.25) is 10.1 Å². The fourth-order valence-electron chi connectivity index (χ4n) is 3.09. The van der Waals surface area contributed by atoms with Gasteiger partial charge < -0.3 is 10.2 Å². The molecule has 1 fully saturated rings. The molecule has 0 aliphatic carbocycles. The zero-order valence-electron chi connectivity index (χ0n) is 16.7. The second-order valence-corrected chi connectivity index (χ2v) is 7.79. The van der Waals surface area contributed by atoms with Crippen LogP contribution in [0, 0.1) is 10.1 Å². The fourth-order valence-corrected chi connectivity index (χ4v) is 3.55. The molecule has 1 aromatic heterocycles. The summed E-state index contributed by atoms with van der Waals surface area (Å²) in [5.74, 6) is 1.05. The van der Waals surface area contributed by atoms with Crippen LogP contribution in [0.4, 0.5) is 29.2 Å². The van der Waals surface area contributed by atoms with Gasteiger partial charge in [0, 0.05) is 41.5 Å². The molecule has 4 rings (SSSR count). The smallest absolute Gasteiger partial charge is 0.269 e. The van der Waals surface area contributed by atoms with Gasteiger partial charge in [-0.15, -0.1) is 0 Å². The molecule has 2 N–H and O–H groups in total. The Labute approximate surface area is 193 Å². The minimum absolute atomic E-state index is 0.00139. The number of non-ortho nitro benzene ring substituents is 1. The summed E-state index contributed by atoms with van der Waals surface area (Å²) >= 11 is 12.1. The maximum atomic E-state index is 10.9. The number of anilines is 4. The van der Waals surface area contributed by atoms with E-state index in [1.807, 2.05) is 0 Å². The van der Waals surface area contributed by atoms with Crippen LogP contribution in [0.1, 0.15) is 18.4 Å². The van der Waals surface area contributed by atoms with Gasteiger partial charge in [0.2, 0.25) is 17.8 Å². The molecule has 3 aromatic rings. The van der Waals surface area contributed by atoms with Crippen LogP contribution in [0.5, 0.6) is 0 Å². The normalized spacial score (nSPS) is 13.5. The third kappa shape index (κ3) is 5.40. The molecule has 0 saturated carbocycles. The first-order chi connectivity index (χ1) is 15.5. The molecule has 0 amide bonds. The molecule has 10 nitrogen and oxygen atoms in total. The minimum atomic E-state index is -0.453. The Balaban J connectivity index is 1.56. The highest BCUT2D eigenvalue weighted by molar-refractivity contribution is 6.36. The van der Waals surface area contributed by atoms with E-state index < -0.39 is 4.92 Å². The topological polar surface area (TPSA) is 121 Å². The molecule has 0 radical (unpaired) electrons. The van der Waals surface area contributed by atoms with E-state index in [0.29, 0.717) is 27.2 Å². The number of halogens is 2.